The molecule has 24 heavy (non-hydrogen) atoms. The number of nitrogens with one attached hydrogen (secondary N) is 1. The van der Waals surface area contributed by atoms with Crippen molar-refractivity contribution in [3.8, 4) is 11.3 Å². The van der Waals surface area contributed by atoms with Crippen LogP contribution in [0.25, 0.3) is 11.3 Å². The molecule has 3 heterocycles. The summed E-state index contributed by atoms with van der Waals surface area (Å²) in [7, 11) is 0. The van der Waals surface area contributed by atoms with Gasteiger partial charge in [-0.1, -0.05) is 13.3 Å². The number of halogens is 2. The SMILES string of the molecule is [2H]C1C[C@H](N)c2cc(ccn2)-c2c(cnn2C(F)F)NC(=O)[C@H](C)C1[2H]. The fourth-order valence-corrected chi connectivity index (χ4v) is 2.57. The number of hydrogen-bond donors (Lipinski definition) is 2. The third-order valence-electron chi connectivity index (χ3n) is 3.90. The third kappa shape index (κ3) is 3.14. The minimum atomic E-state index is -2.90. The maximum Gasteiger partial charge on any atom is 0.333 e. The molecule has 0 saturated heterocycles. The molecule has 2 unspecified atom stereocenters. The van der Waals surface area contributed by atoms with Crippen molar-refractivity contribution in [3.05, 3.63) is 30.2 Å². The summed E-state index contributed by atoms with van der Waals surface area (Å²) in [6, 6.07) is 2.43. The van der Waals surface area contributed by atoms with Crippen LogP contribution >= 0.6 is 0 Å². The zero-order valence-electron chi connectivity index (χ0n) is 15.0. The van der Waals surface area contributed by atoms with Crippen molar-refractivity contribution in [3.63, 3.8) is 0 Å². The molecule has 1 amide bonds. The Labute approximate surface area is 140 Å². The van der Waals surface area contributed by atoms with Gasteiger partial charge in [0.25, 0.3) is 0 Å². The fraction of sp³-hybridized carbons (Fsp3) is 0.438. The number of alkyl halides is 2. The Morgan fingerprint density at radius 1 is 1.54 bits per heavy atom. The number of hydrogen-bond acceptors (Lipinski definition) is 4. The summed E-state index contributed by atoms with van der Waals surface area (Å²) in [4.78, 5) is 16.6. The van der Waals surface area contributed by atoms with Gasteiger partial charge in [0.15, 0.2) is 0 Å². The average Bonchev–Trinajstić information content (AvgIpc) is 3.03. The van der Waals surface area contributed by atoms with Gasteiger partial charge < -0.3 is 11.1 Å². The van der Waals surface area contributed by atoms with Crippen LogP contribution < -0.4 is 11.1 Å². The lowest BCUT2D eigenvalue weighted by molar-refractivity contribution is -0.119. The van der Waals surface area contributed by atoms with Gasteiger partial charge >= 0.3 is 6.55 Å². The molecule has 3 N–H and O–H groups in total. The maximum absolute atomic E-state index is 13.4. The molecule has 3 rings (SSSR count). The molecule has 1 aliphatic heterocycles. The van der Waals surface area contributed by atoms with E-state index in [2.05, 4.69) is 15.4 Å². The number of carbonyl (C=O) groups is 1. The van der Waals surface area contributed by atoms with E-state index < -0.39 is 37.2 Å². The van der Waals surface area contributed by atoms with Crippen LogP contribution in [0.1, 0.15) is 47.2 Å². The predicted octanol–water partition coefficient (Wildman–Crippen LogP) is 3.10. The van der Waals surface area contributed by atoms with Crippen molar-refractivity contribution < 1.29 is 16.3 Å². The Morgan fingerprint density at radius 3 is 3.08 bits per heavy atom. The lowest BCUT2D eigenvalue weighted by Gasteiger charge is -2.18. The van der Waals surface area contributed by atoms with Crippen LogP contribution in [0.4, 0.5) is 14.5 Å². The molecule has 2 aromatic rings. The van der Waals surface area contributed by atoms with E-state index >= 15 is 0 Å². The molecule has 1 aliphatic rings. The fourth-order valence-electron chi connectivity index (χ4n) is 2.57. The summed E-state index contributed by atoms with van der Waals surface area (Å²) in [5.74, 6) is -1.35. The second kappa shape index (κ2) is 6.64. The van der Waals surface area contributed by atoms with Gasteiger partial charge in [0.1, 0.15) is 0 Å². The van der Waals surface area contributed by atoms with E-state index in [0.29, 0.717) is 15.9 Å². The molecule has 0 spiro atoms. The number of nitrogens with zero attached hydrogens (tertiary/aromatic N) is 3. The number of amides is 1. The van der Waals surface area contributed by atoms with Crippen molar-refractivity contribution in [1.29, 1.82) is 0 Å². The summed E-state index contributed by atoms with van der Waals surface area (Å²) in [6.07, 6.45) is 0.805. The Hall–Kier alpha value is -2.35. The Bertz CT molecular complexity index is 816. The molecule has 0 aliphatic carbocycles. The van der Waals surface area contributed by atoms with Crippen molar-refractivity contribution in [2.75, 3.05) is 5.32 Å². The molecular weight excluding hydrogens is 316 g/mol. The highest BCUT2D eigenvalue weighted by Gasteiger charge is 2.23. The molecule has 128 valence electrons. The van der Waals surface area contributed by atoms with Crippen LogP contribution in [0.5, 0.6) is 0 Å². The van der Waals surface area contributed by atoms with Crippen LogP contribution in [-0.2, 0) is 4.79 Å². The number of nitrogens with two attached hydrogens (primary N) is 1. The molecule has 2 bridgehead atoms. The molecule has 6 nitrogen and oxygen atoms in total. The number of aromatic nitrogens is 3. The standard InChI is InChI=1S/C16H19F2N5O/c1-9-3-2-4-11(19)12-7-10(5-6-20-12)14-13(22-15(9)24)8-21-23(14)16(17)18/h5-9,11,16H,2-4,19H2,1H3,(H,22,24)/t9-,11+/m1/s1/i2D,3D/t2?,3?,9-,11+. The average molecular weight is 337 g/mol. The van der Waals surface area contributed by atoms with E-state index in [1.54, 1.807) is 6.07 Å². The smallest absolute Gasteiger partial charge is 0.323 e. The lowest BCUT2D eigenvalue weighted by Crippen LogP contribution is -2.22. The molecule has 0 radical (unpaired) electrons. The van der Waals surface area contributed by atoms with Gasteiger partial charge in [-0.3, -0.25) is 9.78 Å². The Morgan fingerprint density at radius 2 is 2.33 bits per heavy atom. The second-order valence-corrected chi connectivity index (χ2v) is 5.65. The summed E-state index contributed by atoms with van der Waals surface area (Å²) in [6.45, 7) is -1.37. The van der Waals surface area contributed by atoms with Crippen LogP contribution in [0, 0.1) is 5.92 Å². The Kier molecular flexibility index (Phi) is 3.88. The summed E-state index contributed by atoms with van der Waals surface area (Å²) >= 11 is 0. The third-order valence-corrected chi connectivity index (χ3v) is 3.90. The number of pyridine rings is 1. The van der Waals surface area contributed by atoms with Crippen LogP contribution in [0.3, 0.4) is 0 Å². The van der Waals surface area contributed by atoms with E-state index in [0.717, 1.165) is 6.20 Å². The molecule has 0 fully saturated rings. The molecule has 0 saturated carbocycles. The highest BCUT2D eigenvalue weighted by molar-refractivity contribution is 5.95. The zero-order valence-corrected chi connectivity index (χ0v) is 13.0. The first kappa shape index (κ1) is 14.0. The number of carbonyl (C=O) groups excluding carboxylic acids is 1. The van der Waals surface area contributed by atoms with Crippen LogP contribution in [-0.4, -0.2) is 20.7 Å². The van der Waals surface area contributed by atoms with E-state index in [1.165, 1.54) is 19.2 Å². The van der Waals surface area contributed by atoms with Crippen LogP contribution in [0.2, 0.25) is 0 Å². The summed E-state index contributed by atoms with van der Waals surface area (Å²) < 4.78 is 43.5. The largest absolute Gasteiger partial charge is 0.333 e. The highest BCUT2D eigenvalue weighted by Crippen LogP contribution is 2.33. The Balaban J connectivity index is 2.17. The van der Waals surface area contributed by atoms with Gasteiger partial charge in [-0.25, -0.2) is 4.68 Å². The monoisotopic (exact) mass is 337 g/mol. The molecule has 0 aromatic carbocycles. The lowest BCUT2D eigenvalue weighted by atomic mass is 9.97. The predicted molar refractivity (Wildman–Crippen MR) is 85.3 cm³/mol. The normalized spacial score (nSPS) is 29.0. The van der Waals surface area contributed by atoms with E-state index in [4.69, 9.17) is 8.48 Å². The minimum Gasteiger partial charge on any atom is -0.323 e. The quantitative estimate of drug-likeness (QED) is 0.837. The second-order valence-electron chi connectivity index (χ2n) is 5.65. The number of fused-ring (bicyclic) bond motifs is 4. The van der Waals surface area contributed by atoms with Crippen LogP contribution in [0.15, 0.2) is 24.5 Å². The molecule has 4 atom stereocenters. The summed E-state index contributed by atoms with van der Waals surface area (Å²) in [5, 5.41) is 6.23. The van der Waals surface area contributed by atoms with Gasteiger partial charge in [-0.15, -0.1) is 0 Å². The number of rotatable bonds is 1. The first-order chi connectivity index (χ1) is 12.3. The first-order valence-electron chi connectivity index (χ1n) is 8.68. The van der Waals surface area contributed by atoms with Gasteiger partial charge in [0, 0.05) is 26.5 Å². The van der Waals surface area contributed by atoms with Crippen molar-refractivity contribution in [2.45, 2.75) is 38.7 Å². The van der Waals surface area contributed by atoms with Crippen molar-refractivity contribution in [1.82, 2.24) is 14.8 Å². The van der Waals surface area contributed by atoms with Crippen molar-refractivity contribution >= 4 is 11.6 Å². The maximum atomic E-state index is 13.4. The van der Waals surface area contributed by atoms with Gasteiger partial charge in [0.2, 0.25) is 5.91 Å². The van der Waals surface area contributed by atoms with E-state index in [-0.39, 0.29) is 17.8 Å². The number of anilines is 1. The van der Waals surface area contributed by atoms with Gasteiger partial charge in [0.05, 0.1) is 23.3 Å². The molecule has 8 heteroatoms. The molecule has 2 aromatic heterocycles. The minimum absolute atomic E-state index is 0.0425. The highest BCUT2D eigenvalue weighted by atomic mass is 19.3. The zero-order chi connectivity index (χ0) is 19.0. The van der Waals surface area contributed by atoms with E-state index in [1.807, 2.05) is 0 Å². The summed E-state index contributed by atoms with van der Waals surface area (Å²) in [5.41, 5.74) is 7.08. The molecular formula is C16H19F2N5O. The van der Waals surface area contributed by atoms with E-state index in [9.17, 15) is 13.6 Å². The van der Waals surface area contributed by atoms with Crippen molar-refractivity contribution in [2.24, 2.45) is 11.7 Å². The van der Waals surface area contributed by atoms with Gasteiger partial charge in [-0.05, 0) is 25.0 Å². The van der Waals surface area contributed by atoms with Gasteiger partial charge in [-0.2, -0.15) is 13.9 Å². The first-order valence-corrected chi connectivity index (χ1v) is 7.52. The topological polar surface area (TPSA) is 85.8 Å².